The quantitative estimate of drug-likeness (QED) is 0.591. The maximum absolute atomic E-state index is 6.25. The smallest absolute Gasteiger partial charge is 0.292 e. The number of para-hydroxylation sites is 1. The number of hydrogen-bond acceptors (Lipinski definition) is 1. The van der Waals surface area contributed by atoms with Gasteiger partial charge in [0.25, 0.3) is 6.73 Å². The summed E-state index contributed by atoms with van der Waals surface area (Å²) in [4.78, 5) is 0. The zero-order chi connectivity index (χ0) is 17.1. The Kier molecular flexibility index (Phi) is 4.17. The highest BCUT2D eigenvalue weighted by atomic mass is 16.5. The van der Waals surface area contributed by atoms with E-state index in [4.69, 9.17) is 4.74 Å². The number of hydrogen-bond donors (Lipinski definition) is 0. The van der Waals surface area contributed by atoms with Crippen LogP contribution in [0.5, 0.6) is 0 Å². The van der Waals surface area contributed by atoms with Crippen LogP contribution in [0.4, 0.5) is 5.69 Å². The summed E-state index contributed by atoms with van der Waals surface area (Å²) in [6.07, 6.45) is 0. The molecule has 2 nitrogen and oxygen atoms in total. The molecule has 0 saturated carbocycles. The lowest BCUT2D eigenvalue weighted by atomic mass is 9.96. The van der Waals surface area contributed by atoms with Gasteiger partial charge in [0.2, 0.25) is 5.69 Å². The molecule has 0 amide bonds. The minimum atomic E-state index is 0.510. The van der Waals surface area contributed by atoms with Gasteiger partial charge < -0.3 is 4.74 Å². The van der Waals surface area contributed by atoms with Crippen molar-refractivity contribution in [3.63, 3.8) is 0 Å². The number of nitrogens with zero attached hydrogens (tertiary/aromatic N) is 1. The largest absolute Gasteiger partial charge is 0.434 e. The maximum Gasteiger partial charge on any atom is 0.292 e. The van der Waals surface area contributed by atoms with Gasteiger partial charge >= 0.3 is 0 Å². The number of benzene rings is 3. The average molecular weight is 326 g/mol. The molecule has 1 heterocycles. The first-order valence-corrected chi connectivity index (χ1v) is 8.49. The second-order valence-electron chi connectivity index (χ2n) is 6.06. The van der Waals surface area contributed by atoms with Crippen molar-refractivity contribution in [2.24, 2.45) is 0 Å². The van der Waals surface area contributed by atoms with Gasteiger partial charge in [0.15, 0.2) is 5.71 Å². The Morgan fingerprint density at radius 1 is 0.680 bits per heavy atom. The molecule has 4 rings (SSSR count). The molecule has 1 aliphatic rings. The van der Waals surface area contributed by atoms with E-state index in [2.05, 4.69) is 72.2 Å². The Morgan fingerprint density at radius 2 is 1.20 bits per heavy atom. The minimum Gasteiger partial charge on any atom is -0.434 e. The standard InChI is InChI=1S/C23H20NO/c1-18-22(19-11-5-2-6-12-19)23(20-13-7-3-8-14-20)25-17-24(18)21-15-9-4-10-16-21/h2-16H,17H2,1H3/q+1. The van der Waals surface area contributed by atoms with Gasteiger partial charge in [-0.3, -0.25) is 0 Å². The number of ether oxygens (including phenoxy) is 1. The van der Waals surface area contributed by atoms with Crippen LogP contribution in [0.3, 0.4) is 0 Å². The van der Waals surface area contributed by atoms with Crippen molar-refractivity contribution in [3.8, 4) is 0 Å². The molecule has 0 saturated heterocycles. The van der Waals surface area contributed by atoms with E-state index >= 15 is 0 Å². The molecule has 0 N–H and O–H groups in total. The third-order valence-electron chi connectivity index (χ3n) is 4.50. The van der Waals surface area contributed by atoms with Crippen LogP contribution in [-0.2, 0) is 4.74 Å². The Morgan fingerprint density at radius 3 is 1.80 bits per heavy atom. The molecule has 25 heavy (non-hydrogen) atoms. The van der Waals surface area contributed by atoms with Crippen LogP contribution in [-0.4, -0.2) is 17.0 Å². The fraction of sp³-hybridized carbons (Fsp3) is 0.0870. The van der Waals surface area contributed by atoms with Crippen molar-refractivity contribution in [2.75, 3.05) is 6.73 Å². The number of allylic oxidation sites excluding steroid dienone is 1. The normalized spacial score (nSPS) is 14.4. The van der Waals surface area contributed by atoms with Gasteiger partial charge in [-0.2, -0.15) is 4.58 Å². The zero-order valence-corrected chi connectivity index (χ0v) is 14.2. The summed E-state index contributed by atoms with van der Waals surface area (Å²) in [5.74, 6) is 0.941. The van der Waals surface area contributed by atoms with Crippen LogP contribution in [0.15, 0.2) is 91.0 Å². The first-order chi connectivity index (χ1) is 12.3. The highest BCUT2D eigenvalue weighted by Crippen LogP contribution is 2.33. The van der Waals surface area contributed by atoms with E-state index < -0.39 is 0 Å². The van der Waals surface area contributed by atoms with Crippen LogP contribution >= 0.6 is 0 Å². The Balaban J connectivity index is 1.94. The topological polar surface area (TPSA) is 12.2 Å². The Hall–Kier alpha value is -3.13. The molecule has 0 bridgehead atoms. The summed E-state index contributed by atoms with van der Waals surface area (Å²) in [6.45, 7) is 2.68. The van der Waals surface area contributed by atoms with Crippen molar-refractivity contribution in [1.82, 2.24) is 0 Å². The van der Waals surface area contributed by atoms with Gasteiger partial charge in [-0.05, 0) is 5.56 Å². The van der Waals surface area contributed by atoms with Crippen molar-refractivity contribution in [2.45, 2.75) is 6.92 Å². The first kappa shape index (κ1) is 15.4. The molecule has 1 aliphatic heterocycles. The SMILES string of the molecule is CC1=[N+](c2ccccc2)COC(c2ccccc2)=C1c1ccccc1. The molecule has 2 heteroatoms. The van der Waals surface area contributed by atoms with E-state index in [1.807, 2.05) is 30.3 Å². The molecule has 3 aromatic rings. The molecule has 0 aliphatic carbocycles. The van der Waals surface area contributed by atoms with Crippen LogP contribution < -0.4 is 0 Å². The van der Waals surface area contributed by atoms with E-state index in [1.165, 1.54) is 11.3 Å². The van der Waals surface area contributed by atoms with Gasteiger partial charge in [0.1, 0.15) is 5.76 Å². The summed E-state index contributed by atoms with van der Waals surface area (Å²) in [7, 11) is 0. The molecular formula is C23H20NO+. The van der Waals surface area contributed by atoms with Crippen molar-refractivity contribution in [3.05, 3.63) is 102 Å². The van der Waals surface area contributed by atoms with Gasteiger partial charge in [-0.1, -0.05) is 78.9 Å². The zero-order valence-electron chi connectivity index (χ0n) is 14.2. The van der Waals surface area contributed by atoms with E-state index in [-0.39, 0.29) is 0 Å². The van der Waals surface area contributed by atoms with Crippen LogP contribution in [0, 0.1) is 0 Å². The predicted molar refractivity (Wildman–Crippen MR) is 103 cm³/mol. The van der Waals surface area contributed by atoms with Crippen molar-refractivity contribution >= 4 is 22.7 Å². The van der Waals surface area contributed by atoms with Crippen LogP contribution in [0.1, 0.15) is 18.1 Å². The summed E-state index contributed by atoms with van der Waals surface area (Å²) in [5, 5.41) is 0. The second-order valence-corrected chi connectivity index (χ2v) is 6.06. The third-order valence-corrected chi connectivity index (χ3v) is 4.50. The van der Waals surface area contributed by atoms with Crippen molar-refractivity contribution in [1.29, 1.82) is 0 Å². The third kappa shape index (κ3) is 2.99. The molecule has 0 spiro atoms. The summed E-state index contributed by atoms with van der Waals surface area (Å²) >= 11 is 0. The Bertz CT molecular complexity index is 926. The van der Waals surface area contributed by atoms with Gasteiger partial charge in [-0.25, -0.2) is 0 Å². The predicted octanol–water partition coefficient (Wildman–Crippen LogP) is 5.35. The van der Waals surface area contributed by atoms with Crippen molar-refractivity contribution < 1.29 is 9.31 Å². The summed E-state index contributed by atoms with van der Waals surface area (Å²) in [6, 6.07) is 31.2. The minimum absolute atomic E-state index is 0.510. The van der Waals surface area contributed by atoms with Crippen LogP contribution in [0.25, 0.3) is 11.3 Å². The number of rotatable bonds is 3. The fourth-order valence-corrected chi connectivity index (χ4v) is 3.24. The lowest BCUT2D eigenvalue weighted by Gasteiger charge is -2.21. The molecule has 0 fully saturated rings. The highest BCUT2D eigenvalue weighted by molar-refractivity contribution is 6.27. The van der Waals surface area contributed by atoms with Crippen LogP contribution in [0.2, 0.25) is 0 Å². The second kappa shape index (κ2) is 6.78. The van der Waals surface area contributed by atoms with E-state index in [0.29, 0.717) is 6.73 Å². The fourth-order valence-electron chi connectivity index (χ4n) is 3.24. The molecule has 0 aromatic heterocycles. The lowest BCUT2D eigenvalue weighted by Crippen LogP contribution is -2.25. The molecule has 3 aromatic carbocycles. The molecular weight excluding hydrogens is 306 g/mol. The monoisotopic (exact) mass is 326 g/mol. The van der Waals surface area contributed by atoms with Gasteiger partial charge in [0, 0.05) is 24.6 Å². The van der Waals surface area contributed by atoms with E-state index in [0.717, 1.165) is 22.6 Å². The molecule has 0 radical (unpaired) electrons. The first-order valence-electron chi connectivity index (χ1n) is 8.49. The summed E-state index contributed by atoms with van der Waals surface area (Å²) in [5.41, 5.74) is 5.75. The van der Waals surface area contributed by atoms with E-state index in [9.17, 15) is 0 Å². The summed E-state index contributed by atoms with van der Waals surface area (Å²) < 4.78 is 8.47. The highest BCUT2D eigenvalue weighted by Gasteiger charge is 2.29. The van der Waals surface area contributed by atoms with Gasteiger partial charge in [0.05, 0.1) is 5.57 Å². The average Bonchev–Trinajstić information content (AvgIpc) is 2.70. The molecule has 0 atom stereocenters. The van der Waals surface area contributed by atoms with E-state index in [1.54, 1.807) is 0 Å². The molecule has 122 valence electrons. The van der Waals surface area contributed by atoms with Gasteiger partial charge in [-0.15, -0.1) is 0 Å². The molecule has 0 unspecified atom stereocenters. The maximum atomic E-state index is 6.25. The lowest BCUT2D eigenvalue weighted by molar-refractivity contribution is -0.484. The Labute approximate surface area is 148 Å².